The third kappa shape index (κ3) is 10.5. The summed E-state index contributed by atoms with van der Waals surface area (Å²) in [4.78, 5) is 67.6. The zero-order chi connectivity index (χ0) is 48.3. The van der Waals surface area contributed by atoms with Gasteiger partial charge in [0.25, 0.3) is 0 Å². The largest absolute Gasteiger partial charge is 0.454 e. The molecule has 4 N–H and O–H groups in total. The quantitative estimate of drug-likeness (QED) is 0.136. The van der Waals surface area contributed by atoms with Crippen molar-refractivity contribution in [3.8, 4) is 0 Å². The number of hydrogen-bond acceptors (Lipinski definition) is 16. The van der Waals surface area contributed by atoms with Crippen LogP contribution in [0.2, 0.25) is 0 Å². The van der Waals surface area contributed by atoms with E-state index >= 15 is 0 Å². The topological polar surface area (TPSA) is 237 Å². The first-order chi connectivity index (χ1) is 33.3. The third-order valence-corrected chi connectivity index (χ3v) is 13.7. The van der Waals surface area contributed by atoms with Gasteiger partial charge in [0.15, 0.2) is 31.1 Å². The number of nitrogens with one attached hydrogen (secondary N) is 3. The summed E-state index contributed by atoms with van der Waals surface area (Å²) in [6.07, 6.45) is -13.0. The number of benzene rings is 3. The van der Waals surface area contributed by atoms with Gasteiger partial charge in [-0.2, -0.15) is 0 Å². The summed E-state index contributed by atoms with van der Waals surface area (Å²) in [5, 5.41) is 20.8. The van der Waals surface area contributed by atoms with E-state index in [1.54, 1.807) is 73.8 Å². The molecule has 5 aliphatic heterocycles. The average Bonchev–Trinajstić information content (AvgIpc) is 3.90. The second kappa shape index (κ2) is 20.9. The van der Waals surface area contributed by atoms with E-state index in [0.717, 1.165) is 11.1 Å². The van der Waals surface area contributed by atoms with Crippen molar-refractivity contribution in [2.75, 3.05) is 7.05 Å². The highest BCUT2D eigenvalue weighted by Crippen LogP contribution is 2.43. The first-order valence-corrected chi connectivity index (χ1v) is 23.4. The molecule has 0 bridgehead atoms. The van der Waals surface area contributed by atoms with Gasteiger partial charge in [0.05, 0.1) is 35.9 Å². The molecule has 6 aliphatic rings. The van der Waals surface area contributed by atoms with Crippen LogP contribution in [0, 0.1) is 11.8 Å². The van der Waals surface area contributed by atoms with E-state index in [-0.39, 0.29) is 31.2 Å². The van der Waals surface area contributed by atoms with Gasteiger partial charge in [-0.3, -0.25) is 4.90 Å². The summed E-state index contributed by atoms with van der Waals surface area (Å²) >= 11 is 0. The van der Waals surface area contributed by atoms with E-state index in [4.69, 9.17) is 47.4 Å². The molecule has 9 unspecified atom stereocenters. The molecule has 3 aromatic carbocycles. The molecule has 3 aromatic rings. The van der Waals surface area contributed by atoms with Gasteiger partial charge in [-0.05, 0) is 42.5 Å². The Morgan fingerprint density at radius 3 is 1.96 bits per heavy atom. The van der Waals surface area contributed by atoms with Gasteiger partial charge in [-0.25, -0.2) is 24.0 Å². The van der Waals surface area contributed by atoms with Gasteiger partial charge in [-0.15, -0.1) is 0 Å². The van der Waals surface area contributed by atoms with E-state index in [0.29, 0.717) is 12.8 Å². The molecule has 5 saturated heterocycles. The molecule has 0 aromatic heterocycles. The molecule has 370 valence electrons. The van der Waals surface area contributed by atoms with Crippen LogP contribution in [0.3, 0.4) is 0 Å². The molecule has 1 saturated carbocycles. The van der Waals surface area contributed by atoms with Crippen LogP contribution in [0.1, 0.15) is 61.5 Å². The van der Waals surface area contributed by atoms with E-state index < -0.39 is 128 Å². The smallest absolute Gasteiger partial charge is 0.410 e. The summed E-state index contributed by atoms with van der Waals surface area (Å²) < 4.78 is 61.6. The Kier molecular flexibility index (Phi) is 14.5. The van der Waals surface area contributed by atoms with Crippen LogP contribution in [0.15, 0.2) is 91.0 Å². The molecule has 20 nitrogen and oxygen atoms in total. The predicted octanol–water partition coefficient (Wildman–Crippen LogP) is 4.51. The molecular weight excluding hydrogens is 901 g/mol. The molecule has 9 rings (SSSR count). The van der Waals surface area contributed by atoms with E-state index in [9.17, 15) is 29.1 Å². The highest BCUT2D eigenvalue weighted by molar-refractivity contribution is 5.89. The van der Waals surface area contributed by atoms with Crippen molar-refractivity contribution in [2.24, 2.45) is 11.8 Å². The van der Waals surface area contributed by atoms with Gasteiger partial charge >= 0.3 is 30.3 Å². The fraction of sp³-hybridized carbons (Fsp3) is 0.531. The number of alkyl carbamates (subject to hydrolysis) is 3. The van der Waals surface area contributed by atoms with Crippen molar-refractivity contribution >= 4 is 30.3 Å². The summed E-state index contributed by atoms with van der Waals surface area (Å²) in [5.74, 6) is -1.64. The van der Waals surface area contributed by atoms with Crippen molar-refractivity contribution in [1.29, 1.82) is 0 Å². The minimum absolute atomic E-state index is 0.0682. The Hall–Kier alpha value is -6.03. The van der Waals surface area contributed by atoms with Crippen molar-refractivity contribution in [3.05, 3.63) is 108 Å². The highest BCUT2D eigenvalue weighted by Gasteiger charge is 2.61. The lowest BCUT2D eigenvalue weighted by atomic mass is 9.83. The molecule has 4 amide bonds. The van der Waals surface area contributed by atoms with Crippen molar-refractivity contribution in [1.82, 2.24) is 20.9 Å². The lowest BCUT2D eigenvalue weighted by Gasteiger charge is -2.51. The third-order valence-electron chi connectivity index (χ3n) is 13.7. The summed E-state index contributed by atoms with van der Waals surface area (Å²) in [5.41, 5.74) is 1.65. The number of amides is 4. The number of ether oxygens (including phenoxy) is 10. The number of rotatable bonds is 13. The minimum Gasteiger partial charge on any atom is -0.454 e. The number of likely N-dealkylation sites (N-methyl/N-ethyl adjacent to an activating group) is 1. The van der Waals surface area contributed by atoms with Crippen LogP contribution in [0.25, 0.3) is 0 Å². The van der Waals surface area contributed by atoms with Gasteiger partial charge in [0.1, 0.15) is 43.7 Å². The number of fused-ring (bicyclic) bond motifs is 4. The molecular formula is C49H58N4O16. The maximum atomic E-state index is 13.7. The van der Waals surface area contributed by atoms with Crippen LogP contribution < -0.4 is 16.0 Å². The Bertz CT molecular complexity index is 2280. The first-order valence-electron chi connectivity index (χ1n) is 23.4. The number of esters is 1. The van der Waals surface area contributed by atoms with Crippen molar-refractivity contribution in [3.63, 3.8) is 0 Å². The van der Waals surface area contributed by atoms with Crippen LogP contribution in [-0.4, -0.2) is 139 Å². The van der Waals surface area contributed by atoms with Gasteiger partial charge in [0.2, 0.25) is 0 Å². The van der Waals surface area contributed by atoms with Gasteiger partial charge in [-0.1, -0.05) is 99.6 Å². The normalized spacial score (nSPS) is 35.7. The Labute approximate surface area is 398 Å². The van der Waals surface area contributed by atoms with Crippen molar-refractivity contribution < 1.29 is 76.4 Å². The Morgan fingerprint density at radius 1 is 0.725 bits per heavy atom. The number of hydrogen-bond donors (Lipinski definition) is 4. The first kappa shape index (κ1) is 48.0. The molecule has 20 heteroatoms. The summed E-state index contributed by atoms with van der Waals surface area (Å²) in [6.45, 7) is 5.51. The molecule has 6 fully saturated rings. The average molecular weight is 959 g/mol. The monoisotopic (exact) mass is 958 g/mol. The summed E-state index contributed by atoms with van der Waals surface area (Å²) in [6, 6.07) is 22.9. The summed E-state index contributed by atoms with van der Waals surface area (Å²) in [7, 11) is 1.56. The lowest BCUT2D eigenvalue weighted by molar-refractivity contribution is -0.369. The zero-order valence-corrected chi connectivity index (χ0v) is 38.5. The number of carbonyl (C=O) groups is 5. The van der Waals surface area contributed by atoms with E-state index in [2.05, 4.69) is 16.0 Å². The molecule has 69 heavy (non-hydrogen) atoms. The Morgan fingerprint density at radius 2 is 1.33 bits per heavy atom. The number of nitrogens with zero attached hydrogens (tertiary/aromatic N) is 1. The standard InChI is InChI=1S/C49H58N4O16/c1-5-32-34-37(67-48(58)52-34)26(3)44(62-32)69-45-35-41(68-49(59)53(35)4)40-33(63-45)21-25(2)43(66-40)65-39-31(51-47(57)61-24-28-17-11-7-12-18-28)22-30(50-46(56)60-23-27-15-9-6-10-16-27)38(36(39)54)64-42(55)29-19-13-8-14-20-29/h6-20,25-26,30-41,43-45,54H,5,21-24H2,1-4H3,(H,50,56)(H,51,57)(H,52,58)/t25?,26?,30-,31?,32?,33+,34-,35?,36-,37-,38?,39-,40?,41?,43+,44-,45?/m1/s1. The van der Waals surface area contributed by atoms with E-state index in [1.165, 1.54) is 4.90 Å². The lowest BCUT2D eigenvalue weighted by Crippen LogP contribution is -2.68. The van der Waals surface area contributed by atoms with Crippen LogP contribution in [0.5, 0.6) is 0 Å². The molecule has 1 aliphatic carbocycles. The second-order valence-electron chi connectivity index (χ2n) is 18.3. The van der Waals surface area contributed by atoms with Gasteiger partial charge in [0, 0.05) is 18.9 Å². The Balaban J connectivity index is 0.954. The number of aliphatic hydroxyl groups excluding tert-OH is 1. The molecule has 0 radical (unpaired) electrons. The fourth-order valence-corrected chi connectivity index (χ4v) is 10.1. The fourth-order valence-electron chi connectivity index (χ4n) is 10.1. The predicted molar refractivity (Wildman–Crippen MR) is 238 cm³/mol. The van der Waals surface area contributed by atoms with Crippen LogP contribution in [0.4, 0.5) is 19.2 Å². The van der Waals surface area contributed by atoms with E-state index in [1.807, 2.05) is 45.0 Å². The zero-order valence-electron chi connectivity index (χ0n) is 38.5. The van der Waals surface area contributed by atoms with Crippen LogP contribution in [-0.2, 0) is 60.6 Å². The molecule has 17 atom stereocenters. The number of carbonyl (C=O) groups excluding carboxylic acids is 5. The second-order valence-corrected chi connectivity index (χ2v) is 18.3. The van der Waals surface area contributed by atoms with Crippen molar-refractivity contribution in [2.45, 2.75) is 145 Å². The van der Waals surface area contributed by atoms with Crippen LogP contribution >= 0.6 is 0 Å². The molecule has 5 heterocycles. The maximum Gasteiger partial charge on any atom is 0.410 e. The maximum absolute atomic E-state index is 13.7. The number of aliphatic hydroxyl groups is 1. The SMILES string of the molecule is CCC1O[C@H](OC2O[C@H]3CC(C)[C@@H](O[C@@H]4C(NC(=O)OCc5ccccc5)C[C@@H](NC(=O)OCc5ccccc5)C(OC(=O)c5ccccc5)[C@H]4O)OC3C3OC(=O)N(C)C23)C(C)[C@H]2OC(=O)N[C@H]12. The minimum atomic E-state index is -1.69. The highest BCUT2D eigenvalue weighted by atomic mass is 16.8. The molecule has 0 spiro atoms. The van der Waals surface area contributed by atoms with Gasteiger partial charge < -0.3 is 68.4 Å².